The van der Waals surface area contributed by atoms with E-state index in [-0.39, 0.29) is 12.3 Å². The summed E-state index contributed by atoms with van der Waals surface area (Å²) in [6.45, 7) is 0.00958. The topological polar surface area (TPSA) is 60.2 Å². The lowest BCUT2D eigenvalue weighted by Crippen LogP contribution is -2.53. The van der Waals surface area contributed by atoms with Crippen LogP contribution in [0.1, 0.15) is 12.8 Å². The van der Waals surface area contributed by atoms with Crippen LogP contribution in [-0.2, 0) is 9.84 Å². The van der Waals surface area contributed by atoms with Gasteiger partial charge < -0.3 is 5.73 Å². The van der Waals surface area contributed by atoms with Gasteiger partial charge in [0.15, 0.2) is 0 Å². The summed E-state index contributed by atoms with van der Waals surface area (Å²) in [6.07, 6.45) is 0.244. The molecule has 1 aliphatic rings. The maximum atomic E-state index is 12.5. The van der Waals surface area contributed by atoms with Crippen molar-refractivity contribution in [1.82, 2.24) is 0 Å². The molecule has 0 atom stereocenters. The summed E-state index contributed by atoms with van der Waals surface area (Å²) in [6, 6.07) is 0. The summed E-state index contributed by atoms with van der Waals surface area (Å²) in [5, 5.41) is 0. The maximum Gasteiger partial charge on any atom is 0.249 e. The normalized spacial score (nSPS) is 25.2. The molecule has 3 nitrogen and oxygen atoms in total. The van der Waals surface area contributed by atoms with E-state index >= 15 is 0 Å². The van der Waals surface area contributed by atoms with Crippen molar-refractivity contribution in [2.75, 3.05) is 18.6 Å². The highest BCUT2D eigenvalue weighted by Crippen LogP contribution is 2.51. The first-order valence-electron chi connectivity index (χ1n) is 3.94. The zero-order chi connectivity index (χ0) is 10.3. The van der Waals surface area contributed by atoms with Crippen molar-refractivity contribution in [3.63, 3.8) is 0 Å². The van der Waals surface area contributed by atoms with E-state index < -0.39 is 34.0 Å². The van der Waals surface area contributed by atoms with Gasteiger partial charge in [0.1, 0.15) is 9.84 Å². The average Bonchev–Trinajstić information content (AvgIpc) is 1.79. The Kier molecular flexibility index (Phi) is 2.40. The van der Waals surface area contributed by atoms with E-state index in [0.29, 0.717) is 0 Å². The lowest BCUT2D eigenvalue weighted by molar-refractivity contribution is -0.147. The largest absolute Gasteiger partial charge is 0.330 e. The third kappa shape index (κ3) is 2.60. The highest BCUT2D eigenvalue weighted by Gasteiger charge is 2.56. The van der Waals surface area contributed by atoms with Crippen LogP contribution in [0, 0.1) is 5.41 Å². The van der Waals surface area contributed by atoms with Crippen LogP contribution >= 0.6 is 0 Å². The van der Waals surface area contributed by atoms with E-state index in [9.17, 15) is 17.2 Å². The number of halogens is 2. The highest BCUT2D eigenvalue weighted by atomic mass is 32.2. The van der Waals surface area contributed by atoms with E-state index in [0.717, 1.165) is 6.26 Å². The first-order chi connectivity index (χ1) is 5.68. The average molecular weight is 213 g/mol. The lowest BCUT2D eigenvalue weighted by atomic mass is 9.67. The molecule has 1 rings (SSSR count). The molecule has 13 heavy (non-hydrogen) atoms. The second-order valence-corrected chi connectivity index (χ2v) is 6.12. The predicted molar refractivity (Wildman–Crippen MR) is 45.4 cm³/mol. The highest BCUT2D eigenvalue weighted by molar-refractivity contribution is 7.90. The Bertz CT molecular complexity index is 292. The van der Waals surface area contributed by atoms with Crippen LogP contribution in [0.4, 0.5) is 8.78 Å². The van der Waals surface area contributed by atoms with Crippen LogP contribution < -0.4 is 5.73 Å². The molecule has 0 aliphatic heterocycles. The van der Waals surface area contributed by atoms with Crippen molar-refractivity contribution in [2.24, 2.45) is 11.1 Å². The molecule has 0 amide bonds. The number of hydrogen-bond donors (Lipinski definition) is 1. The first kappa shape index (κ1) is 10.8. The van der Waals surface area contributed by atoms with Crippen LogP contribution in [0.2, 0.25) is 0 Å². The van der Waals surface area contributed by atoms with Gasteiger partial charge in [-0.2, -0.15) is 0 Å². The van der Waals surface area contributed by atoms with Gasteiger partial charge in [-0.1, -0.05) is 0 Å². The molecule has 2 N–H and O–H groups in total. The summed E-state index contributed by atoms with van der Waals surface area (Å²) in [4.78, 5) is 0. The van der Waals surface area contributed by atoms with Gasteiger partial charge in [-0.25, -0.2) is 17.2 Å². The number of alkyl halides is 2. The number of rotatable bonds is 3. The Morgan fingerprint density at radius 2 is 1.85 bits per heavy atom. The van der Waals surface area contributed by atoms with Crippen molar-refractivity contribution >= 4 is 9.84 Å². The van der Waals surface area contributed by atoms with Crippen molar-refractivity contribution in [2.45, 2.75) is 18.8 Å². The van der Waals surface area contributed by atoms with Gasteiger partial charge in [-0.15, -0.1) is 0 Å². The van der Waals surface area contributed by atoms with Gasteiger partial charge in [0.05, 0.1) is 5.75 Å². The summed E-state index contributed by atoms with van der Waals surface area (Å²) < 4.78 is 46.9. The molecular formula is C7H13F2NO2S. The fourth-order valence-corrected chi connectivity index (χ4v) is 3.34. The van der Waals surface area contributed by atoms with Crippen LogP contribution in [0.15, 0.2) is 0 Å². The molecule has 1 aliphatic carbocycles. The maximum absolute atomic E-state index is 12.5. The minimum absolute atomic E-state index is 0.00958. The molecule has 78 valence electrons. The van der Waals surface area contributed by atoms with E-state index in [1.807, 2.05) is 0 Å². The zero-order valence-electron chi connectivity index (χ0n) is 7.39. The fraction of sp³-hybridized carbons (Fsp3) is 1.00. The molecule has 0 radical (unpaired) electrons. The van der Waals surface area contributed by atoms with Gasteiger partial charge in [-0.05, 0) is 6.54 Å². The molecule has 1 fully saturated rings. The van der Waals surface area contributed by atoms with E-state index in [1.54, 1.807) is 0 Å². The third-order valence-corrected chi connectivity index (χ3v) is 3.41. The van der Waals surface area contributed by atoms with Crippen molar-refractivity contribution in [1.29, 1.82) is 0 Å². The monoisotopic (exact) mass is 213 g/mol. The van der Waals surface area contributed by atoms with Crippen LogP contribution in [0.25, 0.3) is 0 Å². The minimum atomic E-state index is -3.22. The van der Waals surface area contributed by atoms with Crippen LogP contribution in [0.5, 0.6) is 0 Å². The summed E-state index contributed by atoms with van der Waals surface area (Å²) >= 11 is 0. The van der Waals surface area contributed by atoms with Crippen molar-refractivity contribution < 1.29 is 17.2 Å². The molecule has 1 saturated carbocycles. The third-order valence-electron chi connectivity index (χ3n) is 2.27. The first-order valence-corrected chi connectivity index (χ1v) is 6.00. The fourth-order valence-electron chi connectivity index (χ4n) is 1.91. The van der Waals surface area contributed by atoms with Gasteiger partial charge in [0.25, 0.3) is 0 Å². The smallest absolute Gasteiger partial charge is 0.249 e. The van der Waals surface area contributed by atoms with Crippen LogP contribution in [-0.4, -0.2) is 32.9 Å². The van der Waals surface area contributed by atoms with Crippen molar-refractivity contribution in [3.8, 4) is 0 Å². The molecule has 0 aromatic carbocycles. The Morgan fingerprint density at radius 3 is 2.08 bits per heavy atom. The summed E-state index contributed by atoms with van der Waals surface area (Å²) in [5.74, 6) is -2.95. The zero-order valence-corrected chi connectivity index (χ0v) is 8.20. The Labute approximate surface area is 76.2 Å². The molecule has 0 bridgehead atoms. The SMILES string of the molecule is CS(=O)(=O)CC1(CN)CC(F)(F)C1. The molecule has 0 unspecified atom stereocenters. The van der Waals surface area contributed by atoms with E-state index in [2.05, 4.69) is 0 Å². The molecular weight excluding hydrogens is 200 g/mol. The predicted octanol–water partition coefficient (Wildman–Crippen LogP) is 0.405. The van der Waals surface area contributed by atoms with E-state index in [1.165, 1.54) is 0 Å². The summed E-state index contributed by atoms with van der Waals surface area (Å²) in [5.41, 5.74) is 4.42. The quantitative estimate of drug-likeness (QED) is 0.738. The molecule has 0 heterocycles. The van der Waals surface area contributed by atoms with Gasteiger partial charge in [0, 0.05) is 24.5 Å². The number of hydrogen-bond acceptors (Lipinski definition) is 3. The van der Waals surface area contributed by atoms with Crippen molar-refractivity contribution in [3.05, 3.63) is 0 Å². The van der Waals surface area contributed by atoms with Gasteiger partial charge >= 0.3 is 0 Å². The van der Waals surface area contributed by atoms with Crippen LogP contribution in [0.3, 0.4) is 0 Å². The molecule has 0 saturated heterocycles. The molecule has 6 heteroatoms. The Balaban J connectivity index is 2.67. The standard InChI is InChI=1S/C7H13F2NO2S/c1-13(11,12)5-6(4-10)2-7(8,9)3-6/h2-5,10H2,1H3. The lowest BCUT2D eigenvalue weighted by Gasteiger charge is -2.46. The Hall–Kier alpha value is -0.230. The van der Waals surface area contributed by atoms with Gasteiger partial charge in [0.2, 0.25) is 5.92 Å². The summed E-state index contributed by atoms with van der Waals surface area (Å²) in [7, 11) is -3.22. The number of sulfone groups is 1. The van der Waals surface area contributed by atoms with Gasteiger partial charge in [-0.3, -0.25) is 0 Å². The van der Waals surface area contributed by atoms with E-state index in [4.69, 9.17) is 5.73 Å². The molecule has 0 aromatic heterocycles. The second-order valence-electron chi connectivity index (χ2n) is 3.98. The molecule has 0 aromatic rings. The Morgan fingerprint density at radius 1 is 1.38 bits per heavy atom. The number of nitrogens with two attached hydrogens (primary N) is 1. The molecule has 0 spiro atoms. The minimum Gasteiger partial charge on any atom is -0.330 e. The second kappa shape index (κ2) is 2.88.